The minimum absolute atomic E-state index is 0.379. The van der Waals surface area contributed by atoms with Crippen LogP contribution in [0.25, 0.3) is 22.6 Å². The van der Waals surface area contributed by atoms with Crippen molar-refractivity contribution in [2.24, 2.45) is 0 Å². The van der Waals surface area contributed by atoms with Crippen molar-refractivity contribution >= 4 is 5.82 Å². The molecule has 7 heteroatoms. The maximum atomic E-state index is 12.8. The van der Waals surface area contributed by atoms with Gasteiger partial charge in [0.1, 0.15) is 11.6 Å². The predicted molar refractivity (Wildman–Crippen MR) is 81.8 cm³/mol. The number of aromatic amines is 1. The highest BCUT2D eigenvalue weighted by Gasteiger charge is 2.30. The van der Waals surface area contributed by atoms with Gasteiger partial charge < -0.3 is 10.3 Å². The first-order chi connectivity index (χ1) is 11.0. The van der Waals surface area contributed by atoms with E-state index in [4.69, 9.17) is 0 Å². The lowest BCUT2D eigenvalue weighted by Crippen LogP contribution is -2.04. The molecular formula is C16H13F3N4. The Morgan fingerprint density at radius 3 is 2.48 bits per heavy atom. The van der Waals surface area contributed by atoms with Gasteiger partial charge >= 0.3 is 6.18 Å². The summed E-state index contributed by atoms with van der Waals surface area (Å²) in [5.74, 6) is 1.11. The van der Waals surface area contributed by atoms with Crippen LogP contribution in [0.1, 0.15) is 5.56 Å². The third-order valence-corrected chi connectivity index (χ3v) is 3.37. The van der Waals surface area contributed by atoms with E-state index in [2.05, 4.69) is 20.3 Å². The summed E-state index contributed by atoms with van der Waals surface area (Å²) >= 11 is 0. The van der Waals surface area contributed by atoms with Crippen LogP contribution in [-0.2, 0) is 6.18 Å². The van der Waals surface area contributed by atoms with E-state index >= 15 is 0 Å². The number of aromatic nitrogens is 3. The van der Waals surface area contributed by atoms with E-state index < -0.39 is 11.7 Å². The predicted octanol–water partition coefficient (Wildman–Crippen LogP) is 4.20. The van der Waals surface area contributed by atoms with Crippen LogP contribution < -0.4 is 5.32 Å². The van der Waals surface area contributed by atoms with Crippen molar-refractivity contribution in [3.05, 3.63) is 54.4 Å². The number of hydrogen-bond donors (Lipinski definition) is 2. The SMILES string of the molecule is CNc1ccc(-c2cnc(-c3cccc(C(F)(F)F)c3)[nH]2)cn1. The lowest BCUT2D eigenvalue weighted by Gasteiger charge is -2.07. The molecule has 0 spiro atoms. The molecule has 118 valence electrons. The van der Waals surface area contributed by atoms with Crippen molar-refractivity contribution in [1.29, 1.82) is 0 Å². The summed E-state index contributed by atoms with van der Waals surface area (Å²) in [7, 11) is 1.77. The highest BCUT2D eigenvalue weighted by atomic mass is 19.4. The zero-order valence-electron chi connectivity index (χ0n) is 12.1. The quantitative estimate of drug-likeness (QED) is 0.761. The number of anilines is 1. The largest absolute Gasteiger partial charge is 0.416 e. The van der Waals surface area contributed by atoms with E-state index in [9.17, 15) is 13.2 Å². The third kappa shape index (κ3) is 3.18. The normalized spacial score (nSPS) is 11.5. The number of nitrogens with one attached hydrogen (secondary N) is 2. The van der Waals surface area contributed by atoms with Crippen LogP contribution in [0, 0.1) is 0 Å². The molecular weight excluding hydrogens is 305 g/mol. The van der Waals surface area contributed by atoms with Gasteiger partial charge in [0.2, 0.25) is 0 Å². The fraction of sp³-hybridized carbons (Fsp3) is 0.125. The number of rotatable bonds is 3. The molecule has 0 aliphatic carbocycles. The zero-order chi connectivity index (χ0) is 16.4. The number of imidazole rings is 1. The number of nitrogens with zero attached hydrogens (tertiary/aromatic N) is 2. The number of alkyl halides is 3. The molecule has 0 aliphatic rings. The summed E-state index contributed by atoms with van der Waals surface area (Å²) in [5, 5.41) is 2.91. The monoisotopic (exact) mass is 318 g/mol. The second-order valence-corrected chi connectivity index (χ2v) is 4.91. The average molecular weight is 318 g/mol. The summed E-state index contributed by atoms with van der Waals surface area (Å²) in [4.78, 5) is 11.4. The summed E-state index contributed by atoms with van der Waals surface area (Å²) in [5.41, 5.74) is 1.17. The first kappa shape index (κ1) is 15.1. The third-order valence-electron chi connectivity index (χ3n) is 3.37. The molecule has 2 heterocycles. The van der Waals surface area contributed by atoms with Crippen LogP contribution in [0.15, 0.2) is 48.8 Å². The molecule has 3 rings (SSSR count). The van der Waals surface area contributed by atoms with Crippen LogP contribution in [0.3, 0.4) is 0 Å². The number of benzene rings is 1. The molecule has 4 nitrogen and oxygen atoms in total. The Balaban J connectivity index is 1.92. The number of hydrogen-bond acceptors (Lipinski definition) is 3. The Hall–Kier alpha value is -2.83. The van der Waals surface area contributed by atoms with Gasteiger partial charge in [0.25, 0.3) is 0 Å². The summed E-state index contributed by atoms with van der Waals surface area (Å²) in [6.07, 6.45) is -1.14. The number of H-pyrrole nitrogens is 1. The van der Waals surface area contributed by atoms with Gasteiger partial charge in [-0.3, -0.25) is 0 Å². The van der Waals surface area contributed by atoms with Gasteiger partial charge in [0, 0.05) is 24.4 Å². The van der Waals surface area contributed by atoms with Crippen LogP contribution in [0.5, 0.6) is 0 Å². The number of halogens is 3. The van der Waals surface area contributed by atoms with Gasteiger partial charge in [-0.1, -0.05) is 12.1 Å². The second-order valence-electron chi connectivity index (χ2n) is 4.91. The lowest BCUT2D eigenvalue weighted by atomic mass is 10.1. The fourth-order valence-corrected chi connectivity index (χ4v) is 2.16. The maximum Gasteiger partial charge on any atom is 0.416 e. The molecule has 0 fully saturated rings. The highest BCUT2D eigenvalue weighted by molar-refractivity contribution is 5.65. The molecule has 0 saturated carbocycles. The molecule has 0 saturated heterocycles. The van der Waals surface area contributed by atoms with Gasteiger partial charge in [-0.25, -0.2) is 9.97 Å². The minimum atomic E-state index is -4.38. The van der Waals surface area contributed by atoms with Crippen molar-refractivity contribution < 1.29 is 13.2 Å². The molecule has 0 unspecified atom stereocenters. The van der Waals surface area contributed by atoms with Crippen molar-refractivity contribution in [2.45, 2.75) is 6.18 Å². The Kier molecular flexibility index (Phi) is 3.77. The average Bonchev–Trinajstić information content (AvgIpc) is 3.04. The summed E-state index contributed by atoms with van der Waals surface area (Å²) < 4.78 is 38.3. The Morgan fingerprint density at radius 1 is 1.00 bits per heavy atom. The molecule has 3 aromatic rings. The topological polar surface area (TPSA) is 53.6 Å². The van der Waals surface area contributed by atoms with E-state index in [1.165, 1.54) is 6.07 Å². The van der Waals surface area contributed by atoms with E-state index in [0.717, 1.165) is 23.5 Å². The van der Waals surface area contributed by atoms with Crippen molar-refractivity contribution in [2.75, 3.05) is 12.4 Å². The van der Waals surface area contributed by atoms with Gasteiger partial charge in [0.15, 0.2) is 0 Å². The molecule has 0 bridgehead atoms. The Labute approximate surface area is 130 Å². The van der Waals surface area contributed by atoms with E-state index in [0.29, 0.717) is 17.1 Å². The van der Waals surface area contributed by atoms with Gasteiger partial charge in [-0.2, -0.15) is 13.2 Å². The number of pyridine rings is 1. The van der Waals surface area contributed by atoms with Crippen molar-refractivity contribution in [3.8, 4) is 22.6 Å². The summed E-state index contributed by atoms with van der Waals surface area (Å²) in [6.45, 7) is 0. The molecule has 23 heavy (non-hydrogen) atoms. The van der Waals surface area contributed by atoms with E-state index in [1.807, 2.05) is 6.07 Å². The molecule has 1 aromatic carbocycles. The smallest absolute Gasteiger partial charge is 0.373 e. The molecule has 0 aliphatic heterocycles. The molecule has 0 radical (unpaired) electrons. The minimum Gasteiger partial charge on any atom is -0.373 e. The molecule has 2 aromatic heterocycles. The van der Waals surface area contributed by atoms with Crippen LogP contribution in [0.2, 0.25) is 0 Å². The van der Waals surface area contributed by atoms with Crippen LogP contribution in [-0.4, -0.2) is 22.0 Å². The lowest BCUT2D eigenvalue weighted by molar-refractivity contribution is -0.137. The Morgan fingerprint density at radius 2 is 1.83 bits per heavy atom. The van der Waals surface area contributed by atoms with Gasteiger partial charge in [0.05, 0.1) is 17.5 Å². The van der Waals surface area contributed by atoms with Crippen LogP contribution >= 0.6 is 0 Å². The van der Waals surface area contributed by atoms with Crippen LogP contribution in [0.4, 0.5) is 19.0 Å². The van der Waals surface area contributed by atoms with Crippen molar-refractivity contribution in [3.63, 3.8) is 0 Å². The fourth-order valence-electron chi connectivity index (χ4n) is 2.16. The standard InChI is InChI=1S/C16H13F3N4/c1-20-14-6-5-11(8-21-14)13-9-22-15(23-13)10-3-2-4-12(7-10)16(17,18)19/h2-9H,1H3,(H,20,21)(H,22,23). The first-order valence-electron chi connectivity index (χ1n) is 6.84. The van der Waals surface area contributed by atoms with E-state index in [-0.39, 0.29) is 0 Å². The highest BCUT2D eigenvalue weighted by Crippen LogP contribution is 2.32. The maximum absolute atomic E-state index is 12.8. The summed E-state index contributed by atoms with van der Waals surface area (Å²) in [6, 6.07) is 8.71. The van der Waals surface area contributed by atoms with Crippen molar-refractivity contribution in [1.82, 2.24) is 15.0 Å². The van der Waals surface area contributed by atoms with Gasteiger partial charge in [-0.05, 0) is 24.3 Å². The molecule has 0 atom stereocenters. The molecule has 0 amide bonds. The second kappa shape index (κ2) is 5.75. The molecule has 2 N–H and O–H groups in total. The Bertz CT molecular complexity index is 807. The van der Waals surface area contributed by atoms with E-state index in [1.54, 1.807) is 31.6 Å². The van der Waals surface area contributed by atoms with Gasteiger partial charge in [-0.15, -0.1) is 0 Å². The zero-order valence-corrected chi connectivity index (χ0v) is 12.1. The first-order valence-corrected chi connectivity index (χ1v) is 6.84.